The Balaban J connectivity index is 3.17. The molecule has 1 aromatic carbocycles. The molecule has 4 atom stereocenters. The lowest BCUT2D eigenvalue weighted by molar-refractivity contribution is -0.176. The Kier molecular flexibility index (Phi) is 13.7. The molecule has 1 aromatic rings. The number of rotatable bonds is 17. The number of hydrogen-bond acceptors (Lipinski definition) is 13. The first-order chi connectivity index (χ1) is 19.5. The third-order valence-corrected chi connectivity index (χ3v) is 6.24. The van der Waals surface area contributed by atoms with Gasteiger partial charge in [0.15, 0.2) is 17.6 Å². The summed E-state index contributed by atoms with van der Waals surface area (Å²) in [5.74, 6) is -11.7. The number of esters is 1. The molecule has 0 aromatic heterocycles. The smallest absolute Gasteiger partial charge is 0.348 e. The van der Waals surface area contributed by atoms with Crippen molar-refractivity contribution < 1.29 is 74.0 Å². The van der Waals surface area contributed by atoms with Gasteiger partial charge < -0.3 is 56.8 Å². The molecule has 42 heavy (non-hydrogen) atoms. The van der Waals surface area contributed by atoms with Gasteiger partial charge in [-0.25, -0.2) is 14.4 Å². The lowest BCUT2D eigenvalue weighted by Crippen LogP contribution is -2.49. The standard InChI is InChI=1S/C23H27N3O15S/c24-10(21(35)36)3-5-13(28)26-11(20(34)25-7-14(29)30)8-42-19-9(1-4-12(27)16(19)32)2-6-15(31)41-18(23(39)40)17(33)22(37)38/h1-2,4,6,10-11,17-18,27,32-33H,3,5,7-8,24H2,(H,25,34)(H,26,28)(H,29,30)(H,35,36)(H,37,38)(H,39,40)/b6-2+/t10-,11+,17?,18?/m0/s1. The molecular weight excluding hydrogens is 590 g/mol. The molecule has 0 fully saturated rings. The zero-order valence-corrected chi connectivity index (χ0v) is 22.1. The van der Waals surface area contributed by atoms with Gasteiger partial charge in [-0.3, -0.25) is 19.2 Å². The van der Waals surface area contributed by atoms with Gasteiger partial charge in [0.2, 0.25) is 17.9 Å². The van der Waals surface area contributed by atoms with E-state index < -0.39 is 96.2 Å². The molecule has 0 saturated carbocycles. The fourth-order valence-electron chi connectivity index (χ4n) is 2.87. The topological polar surface area (TPSA) is 320 Å². The summed E-state index contributed by atoms with van der Waals surface area (Å²) in [5.41, 5.74) is 5.32. The third kappa shape index (κ3) is 11.3. The highest BCUT2D eigenvalue weighted by molar-refractivity contribution is 7.99. The summed E-state index contributed by atoms with van der Waals surface area (Å²) in [6.45, 7) is -0.818. The van der Waals surface area contributed by atoms with Crippen LogP contribution in [-0.2, 0) is 38.3 Å². The molecule has 0 heterocycles. The van der Waals surface area contributed by atoms with Gasteiger partial charge in [-0.15, -0.1) is 11.8 Å². The van der Waals surface area contributed by atoms with Gasteiger partial charge in [0.05, 0.1) is 4.90 Å². The van der Waals surface area contributed by atoms with Gasteiger partial charge in [0.1, 0.15) is 18.6 Å². The maximum atomic E-state index is 12.5. The van der Waals surface area contributed by atoms with Crippen LogP contribution in [0.4, 0.5) is 0 Å². The molecular formula is C23H27N3O15S. The normalized spacial score (nSPS) is 13.8. The second-order valence-electron chi connectivity index (χ2n) is 8.19. The van der Waals surface area contributed by atoms with Crippen molar-refractivity contribution in [1.82, 2.24) is 10.6 Å². The first-order valence-electron chi connectivity index (χ1n) is 11.5. The van der Waals surface area contributed by atoms with E-state index in [4.69, 9.17) is 26.2 Å². The fourth-order valence-corrected chi connectivity index (χ4v) is 3.99. The summed E-state index contributed by atoms with van der Waals surface area (Å²) >= 11 is 0.642. The number of carbonyl (C=O) groups is 7. The summed E-state index contributed by atoms with van der Waals surface area (Å²) in [6.07, 6.45) is -4.17. The average molecular weight is 618 g/mol. The van der Waals surface area contributed by atoms with Crippen molar-refractivity contribution >= 4 is 59.5 Å². The number of nitrogens with two attached hydrogens (primary N) is 1. The number of carbonyl (C=O) groups excluding carboxylic acids is 3. The maximum Gasteiger partial charge on any atom is 0.348 e. The number of aliphatic carboxylic acids is 4. The molecule has 0 aliphatic carbocycles. The summed E-state index contributed by atoms with van der Waals surface area (Å²) in [5, 5.41) is 69.5. The highest BCUT2D eigenvalue weighted by atomic mass is 32.2. The molecule has 1 rings (SSSR count). The SMILES string of the molecule is N[C@@H](CCC(=O)N[C@H](CSc1c(/C=C/C(=O)OC(C(=O)O)C(O)C(=O)O)ccc(O)c1O)C(=O)NCC(=O)O)C(=O)O. The van der Waals surface area contributed by atoms with E-state index in [0.717, 1.165) is 12.1 Å². The molecule has 19 heteroatoms. The number of amides is 2. The number of ether oxygens (including phenoxy) is 1. The Bertz CT molecular complexity index is 1250. The van der Waals surface area contributed by atoms with Crippen LogP contribution in [0.15, 0.2) is 23.1 Å². The summed E-state index contributed by atoms with van der Waals surface area (Å²) < 4.78 is 4.46. The van der Waals surface area contributed by atoms with Gasteiger partial charge in [-0.1, -0.05) is 0 Å². The molecule has 0 aliphatic rings. The summed E-state index contributed by atoms with van der Waals surface area (Å²) in [6, 6.07) is -0.649. The highest BCUT2D eigenvalue weighted by Gasteiger charge is 2.35. The number of benzene rings is 1. The number of phenolic OH excluding ortho intramolecular Hbond substituents is 2. The van der Waals surface area contributed by atoms with Gasteiger partial charge in [0.25, 0.3) is 0 Å². The van der Waals surface area contributed by atoms with E-state index >= 15 is 0 Å². The molecule has 0 saturated heterocycles. The number of aliphatic hydroxyl groups excluding tert-OH is 1. The van der Waals surface area contributed by atoms with Crippen LogP contribution in [0.5, 0.6) is 11.5 Å². The monoisotopic (exact) mass is 617 g/mol. The van der Waals surface area contributed by atoms with Crippen LogP contribution in [0.1, 0.15) is 18.4 Å². The van der Waals surface area contributed by atoms with Crippen molar-refractivity contribution in [2.24, 2.45) is 5.73 Å². The van der Waals surface area contributed by atoms with E-state index in [-0.39, 0.29) is 16.9 Å². The Morgan fingerprint density at radius 3 is 2.17 bits per heavy atom. The third-order valence-electron chi connectivity index (χ3n) is 5.03. The van der Waals surface area contributed by atoms with Gasteiger partial charge in [0, 0.05) is 18.2 Å². The maximum absolute atomic E-state index is 12.5. The average Bonchev–Trinajstić information content (AvgIpc) is 2.91. The molecule has 2 amide bonds. The highest BCUT2D eigenvalue weighted by Crippen LogP contribution is 2.39. The van der Waals surface area contributed by atoms with Crippen LogP contribution < -0.4 is 16.4 Å². The van der Waals surface area contributed by atoms with Crippen molar-refractivity contribution in [2.75, 3.05) is 12.3 Å². The molecule has 0 spiro atoms. The number of carboxylic acid groups (broad SMARTS) is 4. The van der Waals surface area contributed by atoms with E-state index in [1.54, 1.807) is 0 Å². The predicted octanol–water partition coefficient (Wildman–Crippen LogP) is -2.48. The van der Waals surface area contributed by atoms with Gasteiger partial charge in [-0.2, -0.15) is 0 Å². The number of thioether (sulfide) groups is 1. The minimum absolute atomic E-state index is 0.0265. The number of hydrogen-bond donors (Lipinski definition) is 10. The Morgan fingerprint density at radius 1 is 0.976 bits per heavy atom. The molecule has 18 nitrogen and oxygen atoms in total. The quantitative estimate of drug-likeness (QED) is 0.0374. The summed E-state index contributed by atoms with van der Waals surface area (Å²) in [7, 11) is 0. The van der Waals surface area contributed by atoms with E-state index in [0.29, 0.717) is 17.8 Å². The minimum atomic E-state index is -2.58. The van der Waals surface area contributed by atoms with Crippen LogP contribution in [0.2, 0.25) is 0 Å². The Morgan fingerprint density at radius 2 is 1.62 bits per heavy atom. The van der Waals surface area contributed by atoms with Gasteiger partial charge >= 0.3 is 29.8 Å². The second kappa shape index (κ2) is 16.4. The number of aromatic hydroxyl groups is 2. The number of aliphatic hydroxyl groups is 1. The molecule has 0 aliphatic heterocycles. The zero-order valence-electron chi connectivity index (χ0n) is 21.3. The first-order valence-corrected chi connectivity index (χ1v) is 12.5. The van der Waals surface area contributed by atoms with Crippen molar-refractivity contribution in [3.05, 3.63) is 23.8 Å². The molecule has 2 unspecified atom stereocenters. The van der Waals surface area contributed by atoms with E-state index in [2.05, 4.69) is 10.1 Å². The number of nitrogens with one attached hydrogen (secondary N) is 2. The van der Waals surface area contributed by atoms with E-state index in [9.17, 15) is 48.9 Å². The first kappa shape index (κ1) is 35.1. The lowest BCUT2D eigenvalue weighted by Gasteiger charge is -2.19. The molecule has 230 valence electrons. The summed E-state index contributed by atoms with van der Waals surface area (Å²) in [4.78, 5) is 80.4. The van der Waals surface area contributed by atoms with Crippen LogP contribution in [0.3, 0.4) is 0 Å². The molecule has 0 bridgehead atoms. The van der Waals surface area contributed by atoms with E-state index in [1.807, 2.05) is 5.32 Å². The second-order valence-corrected chi connectivity index (χ2v) is 9.22. The Labute approximate surface area is 239 Å². The van der Waals surface area contributed by atoms with Crippen LogP contribution >= 0.6 is 11.8 Å². The fraction of sp³-hybridized carbons (Fsp3) is 0.348. The Hall–Kier alpha value is -4.88. The molecule has 11 N–H and O–H groups in total. The largest absolute Gasteiger partial charge is 0.504 e. The van der Waals surface area contributed by atoms with Crippen LogP contribution in [-0.4, -0.2) is 114 Å². The van der Waals surface area contributed by atoms with Crippen molar-refractivity contribution in [3.63, 3.8) is 0 Å². The minimum Gasteiger partial charge on any atom is -0.504 e. The molecule has 0 radical (unpaired) electrons. The van der Waals surface area contributed by atoms with Crippen molar-refractivity contribution in [1.29, 1.82) is 0 Å². The lowest BCUT2D eigenvalue weighted by atomic mass is 10.1. The predicted molar refractivity (Wildman–Crippen MR) is 138 cm³/mol. The van der Waals surface area contributed by atoms with E-state index in [1.165, 1.54) is 6.07 Å². The number of carboxylic acids is 4. The van der Waals surface area contributed by atoms with Crippen LogP contribution in [0.25, 0.3) is 6.08 Å². The van der Waals surface area contributed by atoms with Crippen molar-refractivity contribution in [2.45, 2.75) is 42.0 Å². The van der Waals surface area contributed by atoms with Crippen molar-refractivity contribution in [3.8, 4) is 11.5 Å². The number of phenols is 2. The zero-order chi connectivity index (χ0) is 32.1. The van der Waals surface area contributed by atoms with Crippen LogP contribution in [0, 0.1) is 0 Å². The van der Waals surface area contributed by atoms with Gasteiger partial charge in [-0.05, 0) is 30.2 Å².